The van der Waals surface area contributed by atoms with Crippen molar-refractivity contribution in [2.45, 2.75) is 24.5 Å². The third-order valence-electron chi connectivity index (χ3n) is 1.77. The molecule has 0 atom stereocenters. The van der Waals surface area contributed by atoms with Gasteiger partial charge in [-0.3, -0.25) is 4.79 Å². The Hall–Kier alpha value is -0.720. The second-order valence-electron chi connectivity index (χ2n) is 2.86. The minimum absolute atomic E-state index is 0.0551. The first kappa shape index (κ1) is 11.4. The maximum Gasteiger partial charge on any atom is 0.247 e. The summed E-state index contributed by atoms with van der Waals surface area (Å²) in [7, 11) is -3.68. The zero-order valence-electron chi connectivity index (χ0n) is 7.90. The number of aryl methyl sites for hydroxylation is 1. The van der Waals surface area contributed by atoms with E-state index in [9.17, 15) is 13.2 Å². The second-order valence-corrected chi connectivity index (χ2v) is 5.78. The summed E-state index contributed by atoms with van der Waals surface area (Å²) in [6.45, 7) is 3.28. The molecule has 0 aliphatic heterocycles. The molecule has 2 N–H and O–H groups in total. The summed E-state index contributed by atoms with van der Waals surface area (Å²) in [4.78, 5) is 11.9. The Morgan fingerprint density at radius 1 is 1.57 bits per heavy atom. The van der Waals surface area contributed by atoms with Crippen molar-refractivity contribution in [2.24, 2.45) is 5.14 Å². The van der Waals surface area contributed by atoms with Crippen LogP contribution < -0.4 is 5.14 Å². The number of hydrogen-bond donors (Lipinski definition) is 1. The Kier molecular flexibility index (Phi) is 3.08. The second kappa shape index (κ2) is 3.80. The lowest BCUT2D eigenvalue weighted by atomic mass is 10.1. The number of rotatable bonds is 3. The zero-order chi connectivity index (χ0) is 10.9. The van der Waals surface area contributed by atoms with Gasteiger partial charge in [-0.15, -0.1) is 11.3 Å². The van der Waals surface area contributed by atoms with Crippen LogP contribution in [0.5, 0.6) is 0 Å². The highest BCUT2D eigenvalue weighted by Crippen LogP contribution is 2.26. The summed E-state index contributed by atoms with van der Waals surface area (Å²) in [6.07, 6.45) is 0.634. The molecule has 0 fully saturated rings. The van der Waals surface area contributed by atoms with Crippen LogP contribution in [0.25, 0.3) is 0 Å². The topological polar surface area (TPSA) is 77.2 Å². The number of ketones is 1. The molecule has 4 nitrogen and oxygen atoms in total. The first-order valence-corrected chi connectivity index (χ1v) is 6.39. The minimum atomic E-state index is -3.68. The average Bonchev–Trinajstić information content (AvgIpc) is 2.45. The highest BCUT2D eigenvalue weighted by atomic mass is 32.2. The molecule has 0 bridgehead atoms. The van der Waals surface area contributed by atoms with E-state index in [0.717, 1.165) is 16.2 Å². The third-order valence-corrected chi connectivity index (χ3v) is 4.47. The lowest BCUT2D eigenvalue weighted by Crippen LogP contribution is -2.10. The van der Waals surface area contributed by atoms with Crippen molar-refractivity contribution in [3.63, 3.8) is 0 Å². The van der Waals surface area contributed by atoms with Gasteiger partial charge in [0.25, 0.3) is 0 Å². The molecule has 1 aromatic heterocycles. The monoisotopic (exact) mass is 233 g/mol. The molecular weight excluding hydrogens is 222 g/mol. The molecule has 0 saturated heterocycles. The lowest BCUT2D eigenvalue weighted by molar-refractivity contribution is 0.101. The third kappa shape index (κ3) is 2.20. The number of Topliss-reactive ketones (excluding diaryl/α,β-unsaturated/α-hetero) is 1. The normalized spacial score (nSPS) is 11.6. The van der Waals surface area contributed by atoms with Crippen LogP contribution in [0.1, 0.15) is 29.1 Å². The van der Waals surface area contributed by atoms with Crippen LogP contribution in [0, 0.1) is 0 Å². The average molecular weight is 233 g/mol. The predicted molar refractivity (Wildman–Crippen MR) is 55.1 cm³/mol. The van der Waals surface area contributed by atoms with Crippen LogP contribution in [-0.4, -0.2) is 14.2 Å². The summed E-state index contributed by atoms with van der Waals surface area (Å²) in [5.74, 6) is -0.131. The maximum absolute atomic E-state index is 11.1. The van der Waals surface area contributed by atoms with Crippen molar-refractivity contribution in [3.8, 4) is 0 Å². The van der Waals surface area contributed by atoms with Crippen molar-refractivity contribution >= 4 is 27.1 Å². The number of primary sulfonamides is 1. The molecule has 0 spiro atoms. The minimum Gasteiger partial charge on any atom is -0.294 e. The standard InChI is InChI=1S/C8H11NO3S2/c1-3-7-6(5(2)10)4-8(13-7)14(9,11)12/h4H,3H2,1-2H3,(H2,9,11,12). The number of thiophene rings is 1. The largest absolute Gasteiger partial charge is 0.294 e. The van der Waals surface area contributed by atoms with E-state index in [-0.39, 0.29) is 9.99 Å². The van der Waals surface area contributed by atoms with E-state index in [1.807, 2.05) is 6.92 Å². The van der Waals surface area contributed by atoms with Crippen LogP contribution in [0.3, 0.4) is 0 Å². The van der Waals surface area contributed by atoms with E-state index < -0.39 is 10.0 Å². The van der Waals surface area contributed by atoms with Gasteiger partial charge in [-0.2, -0.15) is 0 Å². The molecule has 0 aliphatic carbocycles. The van der Waals surface area contributed by atoms with Crippen molar-refractivity contribution in [2.75, 3.05) is 0 Å². The van der Waals surface area contributed by atoms with Gasteiger partial charge in [0.2, 0.25) is 10.0 Å². The first-order chi connectivity index (χ1) is 6.36. The van der Waals surface area contributed by atoms with Crippen molar-refractivity contribution in [1.82, 2.24) is 0 Å². The van der Waals surface area contributed by atoms with Crippen LogP contribution in [0.2, 0.25) is 0 Å². The highest BCUT2D eigenvalue weighted by Gasteiger charge is 2.17. The molecule has 0 aromatic carbocycles. The van der Waals surface area contributed by atoms with E-state index in [4.69, 9.17) is 5.14 Å². The smallest absolute Gasteiger partial charge is 0.247 e. The fraction of sp³-hybridized carbons (Fsp3) is 0.375. The van der Waals surface area contributed by atoms with E-state index in [1.165, 1.54) is 13.0 Å². The Balaban J connectivity index is 3.34. The molecule has 0 aliphatic rings. The lowest BCUT2D eigenvalue weighted by Gasteiger charge is -1.92. The van der Waals surface area contributed by atoms with E-state index >= 15 is 0 Å². The quantitative estimate of drug-likeness (QED) is 0.796. The Bertz CT molecular complexity index is 459. The number of hydrogen-bond acceptors (Lipinski definition) is 4. The van der Waals surface area contributed by atoms with E-state index in [0.29, 0.717) is 12.0 Å². The van der Waals surface area contributed by atoms with Gasteiger partial charge in [0, 0.05) is 10.4 Å². The van der Waals surface area contributed by atoms with Gasteiger partial charge < -0.3 is 0 Å². The van der Waals surface area contributed by atoms with Gasteiger partial charge in [-0.1, -0.05) is 6.92 Å². The predicted octanol–water partition coefficient (Wildman–Crippen LogP) is 1.16. The van der Waals surface area contributed by atoms with Crippen LogP contribution >= 0.6 is 11.3 Å². The molecule has 0 amide bonds. The molecule has 0 radical (unpaired) electrons. The summed E-state index contributed by atoms with van der Waals surface area (Å²) >= 11 is 1.06. The number of nitrogens with two attached hydrogens (primary N) is 1. The molecule has 6 heteroatoms. The van der Waals surface area contributed by atoms with Gasteiger partial charge in [0.05, 0.1) is 0 Å². The van der Waals surface area contributed by atoms with Crippen LogP contribution in [0.4, 0.5) is 0 Å². The van der Waals surface area contributed by atoms with Gasteiger partial charge in [-0.25, -0.2) is 13.6 Å². The van der Waals surface area contributed by atoms with Crippen molar-refractivity contribution < 1.29 is 13.2 Å². The molecule has 1 aromatic rings. The summed E-state index contributed by atoms with van der Waals surface area (Å²) in [5, 5.41) is 4.97. The molecule has 0 unspecified atom stereocenters. The van der Waals surface area contributed by atoms with Gasteiger partial charge in [0.1, 0.15) is 4.21 Å². The van der Waals surface area contributed by atoms with Gasteiger partial charge in [0.15, 0.2) is 5.78 Å². The molecule has 14 heavy (non-hydrogen) atoms. The first-order valence-electron chi connectivity index (χ1n) is 4.02. The molecule has 78 valence electrons. The van der Waals surface area contributed by atoms with E-state index in [2.05, 4.69) is 0 Å². The Labute approximate surface area is 86.8 Å². The highest BCUT2D eigenvalue weighted by molar-refractivity contribution is 7.91. The Morgan fingerprint density at radius 2 is 2.14 bits per heavy atom. The zero-order valence-corrected chi connectivity index (χ0v) is 9.54. The summed E-state index contributed by atoms with van der Waals surface area (Å²) < 4.78 is 22.1. The van der Waals surface area contributed by atoms with Crippen molar-refractivity contribution in [3.05, 3.63) is 16.5 Å². The maximum atomic E-state index is 11.1. The molecule has 0 saturated carbocycles. The summed E-state index contributed by atoms with van der Waals surface area (Å²) in [6, 6.07) is 1.35. The van der Waals surface area contributed by atoms with Gasteiger partial charge in [-0.05, 0) is 19.4 Å². The van der Waals surface area contributed by atoms with E-state index in [1.54, 1.807) is 0 Å². The number of carbonyl (C=O) groups is 1. The van der Waals surface area contributed by atoms with Crippen molar-refractivity contribution in [1.29, 1.82) is 0 Å². The fourth-order valence-electron chi connectivity index (χ4n) is 1.11. The molecule has 1 heterocycles. The van der Waals surface area contributed by atoms with Gasteiger partial charge >= 0.3 is 0 Å². The summed E-state index contributed by atoms with van der Waals surface area (Å²) in [5.41, 5.74) is 0.460. The SMILES string of the molecule is CCc1sc(S(N)(=O)=O)cc1C(C)=O. The Morgan fingerprint density at radius 3 is 2.43 bits per heavy atom. The number of sulfonamides is 1. The van der Waals surface area contributed by atoms with Crippen LogP contribution in [0.15, 0.2) is 10.3 Å². The van der Waals surface area contributed by atoms with Crippen LogP contribution in [-0.2, 0) is 16.4 Å². The fourth-order valence-corrected chi connectivity index (χ4v) is 3.03. The molecule has 1 rings (SSSR count). The number of carbonyl (C=O) groups excluding carboxylic acids is 1. The molecular formula is C8H11NO3S2.